The van der Waals surface area contributed by atoms with E-state index in [1.54, 1.807) is 18.4 Å². The topological polar surface area (TPSA) is 112 Å². The Morgan fingerprint density at radius 2 is 1.96 bits per heavy atom. The SMILES string of the molecule is CCOC(=O)Cn1/c(=N/S(=O)(=O)c2cccs2)sc2cc(S(C)(=O)=O)ccc21. The number of thiazole rings is 1. The minimum absolute atomic E-state index is 0.0575. The Hall–Kier alpha value is -2.02. The summed E-state index contributed by atoms with van der Waals surface area (Å²) in [4.78, 5) is 12.2. The second-order valence-corrected chi connectivity index (χ2v) is 11.5. The first kappa shape index (κ1) is 20.7. The second-order valence-electron chi connectivity index (χ2n) is 5.68. The van der Waals surface area contributed by atoms with Crippen LogP contribution in [0, 0.1) is 0 Å². The molecule has 8 nitrogen and oxygen atoms in total. The highest BCUT2D eigenvalue weighted by molar-refractivity contribution is 7.92. The Bertz CT molecular complexity index is 1300. The number of rotatable bonds is 6. The third-order valence-electron chi connectivity index (χ3n) is 3.62. The lowest BCUT2D eigenvalue weighted by molar-refractivity contribution is -0.143. The molecule has 0 radical (unpaired) electrons. The largest absolute Gasteiger partial charge is 0.465 e. The summed E-state index contributed by atoms with van der Waals surface area (Å²) in [5.74, 6) is -0.552. The van der Waals surface area contributed by atoms with Crippen molar-refractivity contribution in [3.63, 3.8) is 0 Å². The molecule has 0 aliphatic carbocycles. The maximum absolute atomic E-state index is 12.6. The van der Waals surface area contributed by atoms with Gasteiger partial charge in [-0.25, -0.2) is 8.42 Å². The van der Waals surface area contributed by atoms with E-state index in [9.17, 15) is 21.6 Å². The quantitative estimate of drug-likeness (QED) is 0.520. The van der Waals surface area contributed by atoms with Crippen LogP contribution >= 0.6 is 22.7 Å². The summed E-state index contributed by atoms with van der Waals surface area (Å²) in [6.45, 7) is 1.60. The van der Waals surface area contributed by atoms with Gasteiger partial charge >= 0.3 is 5.97 Å². The molecule has 0 spiro atoms. The molecule has 0 bridgehead atoms. The van der Waals surface area contributed by atoms with Gasteiger partial charge in [-0.15, -0.1) is 15.7 Å². The van der Waals surface area contributed by atoms with Crippen molar-refractivity contribution in [2.75, 3.05) is 12.9 Å². The summed E-state index contributed by atoms with van der Waals surface area (Å²) in [6, 6.07) is 7.41. The van der Waals surface area contributed by atoms with Crippen molar-refractivity contribution < 1.29 is 26.4 Å². The number of hydrogen-bond acceptors (Lipinski definition) is 8. The molecule has 0 N–H and O–H groups in total. The van der Waals surface area contributed by atoms with Crippen molar-refractivity contribution in [2.24, 2.45) is 4.40 Å². The normalized spacial score (nSPS) is 13.1. The number of ether oxygens (including phenoxy) is 1. The van der Waals surface area contributed by atoms with Crippen LogP contribution < -0.4 is 4.80 Å². The molecule has 0 aliphatic rings. The average molecular weight is 461 g/mol. The smallest absolute Gasteiger partial charge is 0.326 e. The van der Waals surface area contributed by atoms with Crippen LogP contribution in [0.15, 0.2) is 49.2 Å². The van der Waals surface area contributed by atoms with Crippen LogP contribution in [0.4, 0.5) is 0 Å². The number of sulfone groups is 1. The Labute approximate surface area is 169 Å². The zero-order chi connectivity index (χ0) is 20.5. The molecule has 2 aromatic heterocycles. The molecule has 28 heavy (non-hydrogen) atoms. The van der Waals surface area contributed by atoms with E-state index in [2.05, 4.69) is 4.40 Å². The van der Waals surface area contributed by atoms with Crippen LogP contribution in [-0.4, -0.2) is 40.2 Å². The minimum Gasteiger partial charge on any atom is -0.465 e. The highest BCUT2D eigenvalue weighted by atomic mass is 32.2. The molecule has 0 saturated carbocycles. The lowest BCUT2D eigenvalue weighted by Gasteiger charge is -2.05. The number of sulfonamides is 1. The van der Waals surface area contributed by atoms with E-state index in [-0.39, 0.29) is 27.1 Å². The fourth-order valence-electron chi connectivity index (χ4n) is 2.40. The summed E-state index contributed by atoms with van der Waals surface area (Å²) in [5, 5.41) is 1.62. The van der Waals surface area contributed by atoms with E-state index in [0.29, 0.717) is 10.2 Å². The van der Waals surface area contributed by atoms with Crippen molar-refractivity contribution in [3.8, 4) is 0 Å². The summed E-state index contributed by atoms with van der Waals surface area (Å²) in [6.07, 6.45) is 1.08. The van der Waals surface area contributed by atoms with E-state index in [1.165, 1.54) is 28.8 Å². The van der Waals surface area contributed by atoms with Gasteiger partial charge in [-0.2, -0.15) is 8.42 Å². The zero-order valence-corrected chi connectivity index (χ0v) is 18.1. The van der Waals surface area contributed by atoms with Crippen molar-refractivity contribution in [1.82, 2.24) is 4.57 Å². The van der Waals surface area contributed by atoms with Crippen LogP contribution in [0.25, 0.3) is 10.2 Å². The minimum atomic E-state index is -3.96. The number of fused-ring (bicyclic) bond motifs is 1. The molecule has 2 heterocycles. The van der Waals surface area contributed by atoms with E-state index in [1.807, 2.05) is 0 Å². The van der Waals surface area contributed by atoms with E-state index in [4.69, 9.17) is 4.74 Å². The van der Waals surface area contributed by atoms with E-state index >= 15 is 0 Å². The standard InChI is InChI=1S/C16H16N2O6S4/c1-3-24-14(19)10-18-12-7-6-11(27(2,20)21)9-13(12)26-16(18)17-28(22,23)15-5-4-8-25-15/h4-9H,3,10H2,1-2H3/b17-16-. The number of benzene rings is 1. The van der Waals surface area contributed by atoms with Crippen LogP contribution in [0.5, 0.6) is 0 Å². The number of carbonyl (C=O) groups is 1. The van der Waals surface area contributed by atoms with Crippen molar-refractivity contribution >= 4 is 58.7 Å². The van der Waals surface area contributed by atoms with Gasteiger partial charge in [0.15, 0.2) is 9.84 Å². The molecule has 1 aromatic carbocycles. The van der Waals surface area contributed by atoms with Gasteiger partial charge in [0.2, 0.25) is 4.80 Å². The van der Waals surface area contributed by atoms with E-state index < -0.39 is 25.8 Å². The molecule has 12 heteroatoms. The molecule has 0 amide bonds. The number of thiophene rings is 1. The third-order valence-corrected chi connectivity index (χ3v) is 8.53. The van der Waals surface area contributed by atoms with Gasteiger partial charge in [-0.05, 0) is 36.6 Å². The third kappa shape index (κ3) is 4.35. The summed E-state index contributed by atoms with van der Waals surface area (Å²) in [5.41, 5.74) is 0.491. The van der Waals surface area contributed by atoms with Crippen LogP contribution in [0.1, 0.15) is 6.92 Å². The van der Waals surface area contributed by atoms with Gasteiger partial charge in [0.1, 0.15) is 10.8 Å². The number of hydrogen-bond donors (Lipinski definition) is 0. The fourth-order valence-corrected chi connectivity index (χ4v) is 6.36. The monoisotopic (exact) mass is 460 g/mol. The Morgan fingerprint density at radius 1 is 1.21 bits per heavy atom. The molecular weight excluding hydrogens is 444 g/mol. The summed E-state index contributed by atoms with van der Waals surface area (Å²) >= 11 is 2.02. The number of aromatic nitrogens is 1. The average Bonchev–Trinajstić information content (AvgIpc) is 3.23. The lowest BCUT2D eigenvalue weighted by atomic mass is 10.3. The van der Waals surface area contributed by atoms with Gasteiger partial charge in [-0.3, -0.25) is 4.79 Å². The molecule has 0 aliphatic heterocycles. The second kappa shape index (κ2) is 7.78. The Kier molecular flexibility index (Phi) is 5.75. The zero-order valence-electron chi connectivity index (χ0n) is 14.9. The fraction of sp³-hybridized carbons (Fsp3) is 0.250. The summed E-state index contributed by atoms with van der Waals surface area (Å²) < 4.78 is 59.6. The molecule has 0 unspecified atom stereocenters. The first-order valence-electron chi connectivity index (χ1n) is 7.95. The Morgan fingerprint density at radius 3 is 2.57 bits per heavy atom. The van der Waals surface area contributed by atoms with Crippen LogP contribution in [0.2, 0.25) is 0 Å². The molecule has 150 valence electrons. The predicted octanol–water partition coefficient (Wildman–Crippen LogP) is 2.02. The van der Waals surface area contributed by atoms with Crippen molar-refractivity contribution in [2.45, 2.75) is 22.6 Å². The van der Waals surface area contributed by atoms with Gasteiger partial charge in [-0.1, -0.05) is 17.4 Å². The maximum atomic E-state index is 12.6. The van der Waals surface area contributed by atoms with Gasteiger partial charge < -0.3 is 9.30 Å². The maximum Gasteiger partial charge on any atom is 0.326 e. The number of nitrogens with zero attached hydrogens (tertiary/aromatic N) is 2. The van der Waals surface area contributed by atoms with Crippen molar-refractivity contribution in [1.29, 1.82) is 0 Å². The van der Waals surface area contributed by atoms with Crippen molar-refractivity contribution in [3.05, 3.63) is 40.5 Å². The van der Waals surface area contributed by atoms with E-state index in [0.717, 1.165) is 28.9 Å². The first-order valence-corrected chi connectivity index (χ1v) is 13.0. The Balaban J connectivity index is 2.25. The van der Waals surface area contributed by atoms with Crippen LogP contribution in [0.3, 0.4) is 0 Å². The summed E-state index contributed by atoms with van der Waals surface area (Å²) in [7, 11) is -7.41. The highest BCUT2D eigenvalue weighted by Crippen LogP contribution is 2.23. The van der Waals surface area contributed by atoms with Crippen LogP contribution in [-0.2, 0) is 35.9 Å². The molecule has 3 rings (SSSR count). The molecule has 0 fully saturated rings. The molecular formula is C16H16N2O6S4. The first-order chi connectivity index (χ1) is 13.1. The predicted molar refractivity (Wildman–Crippen MR) is 107 cm³/mol. The van der Waals surface area contributed by atoms with Gasteiger partial charge in [0.25, 0.3) is 10.0 Å². The lowest BCUT2D eigenvalue weighted by Crippen LogP contribution is -2.23. The number of carbonyl (C=O) groups excluding carboxylic acids is 1. The van der Waals surface area contributed by atoms with Gasteiger partial charge in [0, 0.05) is 6.26 Å². The van der Waals surface area contributed by atoms with Gasteiger partial charge in [0.05, 0.1) is 21.7 Å². The molecule has 0 saturated heterocycles. The molecule has 3 aromatic rings. The highest BCUT2D eigenvalue weighted by Gasteiger charge is 2.18. The molecule has 0 atom stereocenters. The number of esters is 1.